The summed E-state index contributed by atoms with van der Waals surface area (Å²) in [7, 11) is 0. The average molecular weight is 415 g/mol. The number of nitrogens with zero attached hydrogens (tertiary/aromatic N) is 2. The zero-order chi connectivity index (χ0) is 20.9. The molecule has 1 aromatic heterocycles. The van der Waals surface area contributed by atoms with Gasteiger partial charge < -0.3 is 4.74 Å². The van der Waals surface area contributed by atoms with Crippen LogP contribution >= 0.6 is 11.3 Å². The maximum Gasteiger partial charge on any atom is 0.435 e. The Morgan fingerprint density at radius 1 is 1.32 bits per heavy atom. The molecule has 2 aromatic rings. The number of ether oxygens (including phenoxy) is 1. The molecule has 12 heteroatoms. The second kappa shape index (κ2) is 8.61. The summed E-state index contributed by atoms with van der Waals surface area (Å²) in [5.41, 5.74) is -1.11. The molecule has 0 bridgehead atoms. The quantitative estimate of drug-likeness (QED) is 0.332. The minimum absolute atomic E-state index is 0.117. The van der Waals surface area contributed by atoms with Gasteiger partial charge in [0.05, 0.1) is 11.5 Å². The molecule has 0 aliphatic heterocycles. The molecular formula is C16H12F3N3O5S. The van der Waals surface area contributed by atoms with E-state index in [1.54, 1.807) is 0 Å². The lowest BCUT2D eigenvalue weighted by Gasteiger charge is -2.04. The molecule has 1 heterocycles. The fourth-order valence-electron chi connectivity index (χ4n) is 1.93. The third-order valence-corrected chi connectivity index (χ3v) is 4.07. The van der Waals surface area contributed by atoms with Crippen molar-refractivity contribution in [3.05, 3.63) is 56.6 Å². The molecule has 0 radical (unpaired) electrons. The van der Waals surface area contributed by atoms with Crippen LogP contribution in [0.3, 0.4) is 0 Å². The van der Waals surface area contributed by atoms with E-state index in [0.29, 0.717) is 16.9 Å². The number of aromatic nitrogens is 1. The smallest absolute Gasteiger partial charge is 0.435 e. The first-order valence-electron chi connectivity index (χ1n) is 7.60. The van der Waals surface area contributed by atoms with Crippen molar-refractivity contribution >= 4 is 40.1 Å². The summed E-state index contributed by atoms with van der Waals surface area (Å²) in [6.07, 6.45) is -2.57. The normalized spacial score (nSPS) is 11.4. The van der Waals surface area contributed by atoms with Crippen molar-refractivity contribution in [1.29, 1.82) is 0 Å². The van der Waals surface area contributed by atoms with E-state index in [-0.39, 0.29) is 12.3 Å². The molecule has 148 valence electrons. The number of carbonyl (C=O) groups excluding carboxylic acids is 2. The molecule has 0 fully saturated rings. The number of amides is 1. The summed E-state index contributed by atoms with van der Waals surface area (Å²) >= 11 is 0.343. The van der Waals surface area contributed by atoms with Gasteiger partial charge in [-0.25, -0.2) is 9.78 Å². The van der Waals surface area contributed by atoms with Crippen molar-refractivity contribution in [2.45, 2.75) is 13.1 Å². The average Bonchev–Trinajstić information content (AvgIpc) is 3.05. The first-order chi connectivity index (χ1) is 13.1. The van der Waals surface area contributed by atoms with Gasteiger partial charge in [0.2, 0.25) is 5.91 Å². The third-order valence-electron chi connectivity index (χ3n) is 3.12. The van der Waals surface area contributed by atoms with Crippen molar-refractivity contribution < 1.29 is 32.4 Å². The van der Waals surface area contributed by atoms with E-state index >= 15 is 0 Å². The molecule has 0 aliphatic rings. The van der Waals surface area contributed by atoms with Crippen LogP contribution in [-0.4, -0.2) is 28.4 Å². The Labute approximate surface area is 159 Å². The number of nitrogens with one attached hydrogen (secondary N) is 1. The van der Waals surface area contributed by atoms with E-state index in [9.17, 15) is 32.9 Å². The van der Waals surface area contributed by atoms with Crippen LogP contribution < -0.4 is 5.32 Å². The second-order valence-corrected chi connectivity index (χ2v) is 6.09. The number of nitro groups is 1. The van der Waals surface area contributed by atoms with Crippen LogP contribution in [0.15, 0.2) is 30.3 Å². The van der Waals surface area contributed by atoms with Gasteiger partial charge in [0, 0.05) is 18.2 Å². The van der Waals surface area contributed by atoms with Crippen LogP contribution in [0.4, 0.5) is 24.0 Å². The highest BCUT2D eigenvalue weighted by Gasteiger charge is 2.40. The number of halogens is 3. The molecular weight excluding hydrogens is 403 g/mol. The molecule has 8 nitrogen and oxygen atoms in total. The zero-order valence-corrected chi connectivity index (χ0v) is 15.0. The molecule has 0 atom stereocenters. The van der Waals surface area contributed by atoms with E-state index < -0.39 is 38.7 Å². The molecule has 0 saturated heterocycles. The Morgan fingerprint density at radius 2 is 1.96 bits per heavy atom. The van der Waals surface area contributed by atoms with E-state index in [4.69, 9.17) is 0 Å². The summed E-state index contributed by atoms with van der Waals surface area (Å²) in [6.45, 7) is 1.32. The van der Waals surface area contributed by atoms with Gasteiger partial charge in [-0.05, 0) is 30.7 Å². The number of esters is 1. The molecule has 0 spiro atoms. The van der Waals surface area contributed by atoms with E-state index in [0.717, 1.165) is 6.08 Å². The van der Waals surface area contributed by atoms with Crippen LogP contribution in [0, 0.1) is 10.1 Å². The Morgan fingerprint density at radius 3 is 2.50 bits per heavy atom. The summed E-state index contributed by atoms with van der Waals surface area (Å²) in [4.78, 5) is 36.1. The number of hydrogen-bond acceptors (Lipinski definition) is 7. The van der Waals surface area contributed by atoms with Gasteiger partial charge in [-0.1, -0.05) is 11.3 Å². The minimum Gasteiger partial charge on any atom is -0.462 e. The maximum absolute atomic E-state index is 13.0. The topological polar surface area (TPSA) is 111 Å². The van der Waals surface area contributed by atoms with Crippen LogP contribution in [0.5, 0.6) is 0 Å². The zero-order valence-electron chi connectivity index (χ0n) is 14.1. The predicted octanol–water partition coefficient (Wildman–Crippen LogP) is 3.90. The van der Waals surface area contributed by atoms with Crippen molar-refractivity contribution in [3.8, 4) is 0 Å². The third kappa shape index (κ3) is 5.36. The van der Waals surface area contributed by atoms with Crippen molar-refractivity contribution in [1.82, 2.24) is 4.98 Å². The van der Waals surface area contributed by atoms with Gasteiger partial charge in [-0.15, -0.1) is 0 Å². The largest absolute Gasteiger partial charge is 0.462 e. The van der Waals surface area contributed by atoms with Gasteiger partial charge in [0.1, 0.15) is 4.88 Å². The van der Waals surface area contributed by atoms with Gasteiger partial charge >= 0.3 is 12.1 Å². The number of carbonyl (C=O) groups is 2. The highest BCUT2D eigenvalue weighted by Crippen LogP contribution is 2.36. The Bertz CT molecular complexity index is 923. The van der Waals surface area contributed by atoms with Crippen molar-refractivity contribution in [2.24, 2.45) is 0 Å². The van der Waals surface area contributed by atoms with E-state index in [2.05, 4.69) is 15.0 Å². The predicted molar refractivity (Wildman–Crippen MR) is 93.8 cm³/mol. The highest BCUT2D eigenvalue weighted by atomic mass is 32.1. The SMILES string of the molecule is CCOC(=O)c1sc(NC(=O)/C=C/c2ccc([N+](=O)[O-])cc2)nc1C(F)(F)F. The summed E-state index contributed by atoms with van der Waals surface area (Å²) in [6, 6.07) is 5.26. The number of non-ortho nitro benzene ring substituents is 1. The van der Waals surface area contributed by atoms with Crippen LogP contribution in [-0.2, 0) is 15.7 Å². The number of thiazole rings is 1. The molecule has 1 amide bonds. The van der Waals surface area contributed by atoms with E-state index in [1.807, 2.05) is 0 Å². The van der Waals surface area contributed by atoms with Crippen LogP contribution in [0.25, 0.3) is 6.08 Å². The molecule has 1 N–H and O–H groups in total. The molecule has 28 heavy (non-hydrogen) atoms. The van der Waals surface area contributed by atoms with Crippen LogP contribution in [0.2, 0.25) is 0 Å². The molecule has 1 aromatic carbocycles. The Kier molecular flexibility index (Phi) is 6.46. The standard InChI is InChI=1S/C16H12F3N3O5S/c1-2-27-14(24)12-13(16(17,18)19)21-15(28-12)20-11(23)8-5-9-3-6-10(7-4-9)22(25)26/h3-8H,2H2,1H3,(H,20,21,23)/b8-5+. The van der Waals surface area contributed by atoms with E-state index in [1.165, 1.54) is 37.3 Å². The fraction of sp³-hybridized carbons (Fsp3) is 0.188. The van der Waals surface area contributed by atoms with Gasteiger partial charge in [0.25, 0.3) is 5.69 Å². The lowest BCUT2D eigenvalue weighted by molar-refractivity contribution is -0.384. The molecule has 0 aliphatic carbocycles. The first-order valence-corrected chi connectivity index (χ1v) is 8.42. The Hall–Kier alpha value is -3.28. The summed E-state index contributed by atoms with van der Waals surface area (Å²) in [5, 5.41) is 12.3. The minimum atomic E-state index is -4.89. The number of benzene rings is 1. The number of hydrogen-bond donors (Lipinski definition) is 1. The summed E-state index contributed by atoms with van der Waals surface area (Å²) in [5.74, 6) is -1.98. The number of anilines is 1. The highest BCUT2D eigenvalue weighted by molar-refractivity contribution is 7.17. The number of rotatable bonds is 6. The Balaban J connectivity index is 2.14. The first kappa shape index (κ1) is 21.0. The summed E-state index contributed by atoms with van der Waals surface area (Å²) < 4.78 is 43.6. The van der Waals surface area contributed by atoms with Gasteiger partial charge in [-0.2, -0.15) is 13.2 Å². The second-order valence-electron chi connectivity index (χ2n) is 5.09. The van der Waals surface area contributed by atoms with Gasteiger partial charge in [0.15, 0.2) is 10.8 Å². The molecule has 2 rings (SSSR count). The molecule has 0 saturated carbocycles. The lowest BCUT2D eigenvalue weighted by atomic mass is 10.2. The number of alkyl halides is 3. The monoisotopic (exact) mass is 415 g/mol. The fourth-order valence-corrected chi connectivity index (χ4v) is 2.81. The van der Waals surface area contributed by atoms with Crippen molar-refractivity contribution in [3.63, 3.8) is 0 Å². The maximum atomic E-state index is 13.0. The van der Waals surface area contributed by atoms with Crippen molar-refractivity contribution in [2.75, 3.05) is 11.9 Å². The number of nitro benzene ring substituents is 1. The van der Waals surface area contributed by atoms with Gasteiger partial charge in [-0.3, -0.25) is 20.2 Å². The molecule has 0 unspecified atom stereocenters. The lowest BCUT2D eigenvalue weighted by Crippen LogP contribution is -2.14. The van der Waals surface area contributed by atoms with Crippen LogP contribution in [0.1, 0.15) is 27.9 Å².